The van der Waals surface area contributed by atoms with Crippen LogP contribution in [0.1, 0.15) is 5.56 Å². The van der Waals surface area contributed by atoms with Gasteiger partial charge in [-0.05, 0) is 46.3 Å². The van der Waals surface area contributed by atoms with Gasteiger partial charge >= 0.3 is 0 Å². The number of hydrogen-bond acceptors (Lipinski definition) is 4. The second kappa shape index (κ2) is 9.98. The molecule has 6 nitrogen and oxygen atoms in total. The number of carbonyl (C=O) groups is 2. The van der Waals surface area contributed by atoms with Gasteiger partial charge in [-0.3, -0.25) is 20.4 Å². The van der Waals surface area contributed by atoms with Crippen LogP contribution in [0.2, 0.25) is 0 Å². The van der Waals surface area contributed by atoms with Crippen molar-refractivity contribution in [1.82, 2.24) is 10.9 Å². The van der Waals surface area contributed by atoms with E-state index in [1.807, 2.05) is 18.2 Å². The standard InChI is InChI=1S/C18H16Br2N2O4/c1-25-15-5-3-2-4-12(15)6-9-17(23)21-22-18(24)11-26-16-8-7-13(19)10-14(16)20/h2-10H,11H2,1H3,(H,21,23)(H,22,24)/b9-6+. The van der Waals surface area contributed by atoms with Crippen molar-refractivity contribution < 1.29 is 19.1 Å². The van der Waals surface area contributed by atoms with E-state index in [2.05, 4.69) is 42.7 Å². The number of benzene rings is 2. The summed E-state index contributed by atoms with van der Waals surface area (Å²) in [5, 5.41) is 0. The molecule has 0 radical (unpaired) electrons. The highest BCUT2D eigenvalue weighted by Gasteiger charge is 2.07. The second-order valence-corrected chi connectivity index (χ2v) is 6.75. The smallest absolute Gasteiger partial charge is 0.276 e. The summed E-state index contributed by atoms with van der Waals surface area (Å²) in [5.41, 5.74) is 5.31. The molecule has 0 heterocycles. The monoisotopic (exact) mass is 482 g/mol. The van der Waals surface area contributed by atoms with Crippen LogP contribution in [0, 0.1) is 0 Å². The molecule has 2 rings (SSSR count). The van der Waals surface area contributed by atoms with Crippen LogP contribution >= 0.6 is 31.9 Å². The topological polar surface area (TPSA) is 76.7 Å². The molecule has 0 fully saturated rings. The zero-order valence-corrected chi connectivity index (χ0v) is 17.0. The molecule has 0 saturated carbocycles. The zero-order valence-electron chi connectivity index (χ0n) is 13.8. The predicted molar refractivity (Wildman–Crippen MR) is 106 cm³/mol. The van der Waals surface area contributed by atoms with Crippen molar-refractivity contribution in [2.45, 2.75) is 0 Å². The van der Waals surface area contributed by atoms with E-state index in [0.717, 1.165) is 10.0 Å². The number of rotatable bonds is 6. The molecule has 136 valence electrons. The summed E-state index contributed by atoms with van der Waals surface area (Å²) >= 11 is 6.67. The highest BCUT2D eigenvalue weighted by molar-refractivity contribution is 9.11. The number of methoxy groups -OCH3 is 1. The third-order valence-electron chi connectivity index (χ3n) is 3.13. The maximum absolute atomic E-state index is 11.8. The van der Waals surface area contributed by atoms with Crippen LogP contribution in [-0.2, 0) is 9.59 Å². The van der Waals surface area contributed by atoms with E-state index in [-0.39, 0.29) is 6.61 Å². The fourth-order valence-electron chi connectivity index (χ4n) is 1.91. The van der Waals surface area contributed by atoms with Crippen molar-refractivity contribution in [2.75, 3.05) is 13.7 Å². The Morgan fingerprint density at radius 3 is 2.58 bits per heavy atom. The normalized spacial score (nSPS) is 10.4. The third kappa shape index (κ3) is 6.20. The summed E-state index contributed by atoms with van der Waals surface area (Å²) in [6.07, 6.45) is 2.89. The summed E-state index contributed by atoms with van der Waals surface area (Å²) in [4.78, 5) is 23.5. The summed E-state index contributed by atoms with van der Waals surface area (Å²) in [6, 6.07) is 12.6. The molecule has 0 aliphatic heterocycles. The maximum Gasteiger partial charge on any atom is 0.276 e. The van der Waals surface area contributed by atoms with Gasteiger partial charge < -0.3 is 9.47 Å². The molecule has 2 N–H and O–H groups in total. The fraction of sp³-hybridized carbons (Fsp3) is 0.111. The average molecular weight is 484 g/mol. The minimum atomic E-state index is -0.487. The first-order chi connectivity index (χ1) is 12.5. The van der Waals surface area contributed by atoms with E-state index in [0.29, 0.717) is 16.0 Å². The van der Waals surface area contributed by atoms with Gasteiger partial charge in [-0.2, -0.15) is 0 Å². The first kappa shape index (κ1) is 20.0. The quantitative estimate of drug-likeness (QED) is 0.487. The lowest BCUT2D eigenvalue weighted by Gasteiger charge is -2.09. The van der Waals surface area contributed by atoms with Gasteiger partial charge in [0.25, 0.3) is 11.8 Å². The maximum atomic E-state index is 11.8. The van der Waals surface area contributed by atoms with Crippen LogP contribution in [0.15, 0.2) is 57.5 Å². The molecule has 0 aliphatic rings. The molecule has 0 saturated heterocycles. The van der Waals surface area contributed by atoms with Crippen molar-refractivity contribution >= 4 is 49.8 Å². The molecule has 2 aromatic carbocycles. The molecule has 26 heavy (non-hydrogen) atoms. The number of amides is 2. The highest BCUT2D eigenvalue weighted by atomic mass is 79.9. The van der Waals surface area contributed by atoms with E-state index >= 15 is 0 Å². The van der Waals surface area contributed by atoms with Crippen molar-refractivity contribution in [3.8, 4) is 11.5 Å². The van der Waals surface area contributed by atoms with Crippen molar-refractivity contribution in [2.24, 2.45) is 0 Å². The van der Waals surface area contributed by atoms with E-state index in [9.17, 15) is 9.59 Å². The predicted octanol–water partition coefficient (Wildman–Crippen LogP) is 3.46. The van der Waals surface area contributed by atoms with Gasteiger partial charge in [0.1, 0.15) is 11.5 Å². The Morgan fingerprint density at radius 1 is 1.08 bits per heavy atom. The van der Waals surface area contributed by atoms with E-state index < -0.39 is 11.8 Å². The SMILES string of the molecule is COc1ccccc1/C=C/C(=O)NNC(=O)COc1ccc(Br)cc1Br. The van der Waals surface area contributed by atoms with Gasteiger partial charge in [-0.15, -0.1) is 0 Å². The lowest BCUT2D eigenvalue weighted by Crippen LogP contribution is -2.43. The van der Waals surface area contributed by atoms with Crippen LogP contribution in [0.4, 0.5) is 0 Å². The van der Waals surface area contributed by atoms with Crippen molar-refractivity contribution in [3.63, 3.8) is 0 Å². The number of hydrazine groups is 1. The highest BCUT2D eigenvalue weighted by Crippen LogP contribution is 2.28. The molecule has 2 aromatic rings. The molecule has 0 unspecified atom stereocenters. The van der Waals surface area contributed by atoms with Crippen LogP contribution in [-0.4, -0.2) is 25.5 Å². The molecule has 0 bridgehead atoms. The third-order valence-corrected chi connectivity index (χ3v) is 4.24. The molecule has 0 atom stereocenters. The van der Waals surface area contributed by atoms with Crippen LogP contribution < -0.4 is 20.3 Å². The van der Waals surface area contributed by atoms with Gasteiger partial charge in [-0.25, -0.2) is 0 Å². The summed E-state index contributed by atoms with van der Waals surface area (Å²) in [5.74, 6) is 0.202. The number of hydrogen-bond donors (Lipinski definition) is 2. The lowest BCUT2D eigenvalue weighted by molar-refractivity contribution is -0.128. The van der Waals surface area contributed by atoms with Crippen molar-refractivity contribution in [1.29, 1.82) is 0 Å². The minimum absolute atomic E-state index is 0.239. The van der Waals surface area contributed by atoms with Crippen LogP contribution in [0.3, 0.4) is 0 Å². The first-order valence-electron chi connectivity index (χ1n) is 7.47. The molecule has 2 amide bonds. The fourth-order valence-corrected chi connectivity index (χ4v) is 3.08. The van der Waals surface area contributed by atoms with Gasteiger partial charge in [0.15, 0.2) is 6.61 Å². The number of halogens is 2. The van der Waals surface area contributed by atoms with E-state index in [1.165, 1.54) is 6.08 Å². The summed E-state index contributed by atoms with van der Waals surface area (Å²) < 4.78 is 12.2. The van der Waals surface area contributed by atoms with Gasteiger partial charge in [-0.1, -0.05) is 34.1 Å². The average Bonchev–Trinajstić information content (AvgIpc) is 2.64. The number of carbonyl (C=O) groups excluding carboxylic acids is 2. The minimum Gasteiger partial charge on any atom is -0.496 e. The molecule has 0 spiro atoms. The molecule has 0 aliphatic carbocycles. The molecular formula is C18H16Br2N2O4. The summed E-state index contributed by atoms with van der Waals surface area (Å²) in [6.45, 7) is -0.239. The Morgan fingerprint density at radius 2 is 1.85 bits per heavy atom. The van der Waals surface area contributed by atoms with Crippen LogP contribution in [0.5, 0.6) is 11.5 Å². The number of para-hydroxylation sites is 1. The number of nitrogens with one attached hydrogen (secondary N) is 2. The Bertz CT molecular complexity index is 825. The van der Waals surface area contributed by atoms with E-state index in [4.69, 9.17) is 9.47 Å². The summed E-state index contributed by atoms with van der Waals surface area (Å²) in [7, 11) is 1.55. The molecule has 8 heteroatoms. The number of ether oxygens (including phenoxy) is 2. The van der Waals surface area contributed by atoms with Gasteiger partial charge in [0, 0.05) is 16.1 Å². The zero-order chi connectivity index (χ0) is 18.9. The molecule has 0 aromatic heterocycles. The van der Waals surface area contributed by atoms with Crippen LogP contribution in [0.25, 0.3) is 6.08 Å². The Balaban J connectivity index is 1.79. The Hall–Kier alpha value is -2.32. The Labute approximate surface area is 167 Å². The second-order valence-electron chi connectivity index (χ2n) is 4.98. The lowest BCUT2D eigenvalue weighted by atomic mass is 10.2. The van der Waals surface area contributed by atoms with Gasteiger partial charge in [0.05, 0.1) is 11.6 Å². The largest absolute Gasteiger partial charge is 0.496 e. The van der Waals surface area contributed by atoms with Gasteiger partial charge in [0.2, 0.25) is 0 Å². The first-order valence-corrected chi connectivity index (χ1v) is 9.06. The molecular weight excluding hydrogens is 468 g/mol. The van der Waals surface area contributed by atoms with Crippen molar-refractivity contribution in [3.05, 3.63) is 63.0 Å². The Kier molecular flexibility index (Phi) is 7.68. The van der Waals surface area contributed by atoms with E-state index in [1.54, 1.807) is 37.5 Å².